The third-order valence-electron chi connectivity index (χ3n) is 0.667. The smallest absolute Gasteiger partial charge is 0.243 e. The molecule has 3 nitrogen and oxygen atoms in total. The van der Waals surface area contributed by atoms with Crippen molar-refractivity contribution in [2.45, 2.75) is 0 Å². The van der Waals surface area contributed by atoms with Crippen LogP contribution in [-0.4, -0.2) is 4.44 Å². The number of hydrogen-bond donors (Lipinski definition) is 0. The molecule has 0 saturated carbocycles. The minimum absolute atomic E-state index is 1.03. The zero-order chi connectivity index (χ0) is 7.82. The van der Waals surface area contributed by atoms with E-state index in [0.717, 1.165) is 0 Å². The molecule has 0 N–H and O–H groups in total. The number of nitrogens with zero attached hydrogens (tertiary/aromatic N) is 1. The van der Waals surface area contributed by atoms with Crippen LogP contribution in [0.25, 0.3) is 0 Å². The van der Waals surface area contributed by atoms with Gasteiger partial charge in [-0.05, 0) is 0 Å². The highest BCUT2D eigenvalue weighted by Crippen LogP contribution is 1.79. The van der Waals surface area contributed by atoms with Crippen LogP contribution in [0.1, 0.15) is 0 Å². The van der Waals surface area contributed by atoms with E-state index in [2.05, 4.69) is 11.8 Å². The summed E-state index contributed by atoms with van der Waals surface area (Å²) in [6.07, 6.45) is 0. The van der Waals surface area contributed by atoms with Gasteiger partial charge in [-0.25, -0.2) is 10.1 Å². The van der Waals surface area contributed by atoms with E-state index in [1.165, 1.54) is 0 Å². The largest absolute Gasteiger partial charge is 0.333 e. The van der Waals surface area contributed by atoms with Gasteiger partial charge >= 0.3 is 11.8 Å². The Morgan fingerprint density at radius 3 is 1.20 bits per heavy atom. The van der Waals surface area contributed by atoms with Crippen molar-refractivity contribution < 1.29 is 4.44 Å². The normalized spacial score (nSPS) is 7.30. The molecule has 0 atom stereocenters. The second-order valence-corrected chi connectivity index (χ2v) is 1.64. The van der Waals surface area contributed by atoms with Crippen molar-refractivity contribution in [3.05, 3.63) is 46.5 Å². The molecular weight excluding hydrogens is 154 g/mol. The molecular formula is C6H6ClNO2. The standard InChI is InChI=1S/C6H6.ClNO2/c1-2-4-6-5-3-1;1-2(3)4/h1-6H;. The van der Waals surface area contributed by atoms with Crippen molar-refractivity contribution in [1.82, 2.24) is 0 Å². The number of hydrogen-bond acceptors (Lipinski definition) is 2. The third kappa shape index (κ3) is 10.0. The van der Waals surface area contributed by atoms with Crippen molar-refractivity contribution in [3.8, 4) is 0 Å². The van der Waals surface area contributed by atoms with Gasteiger partial charge in [0.1, 0.15) is 0 Å². The Hall–Kier alpha value is -1.09. The Bertz CT molecular complexity index is 148. The molecule has 0 bridgehead atoms. The lowest BCUT2D eigenvalue weighted by atomic mass is 10.4. The van der Waals surface area contributed by atoms with E-state index in [0.29, 0.717) is 0 Å². The molecule has 0 unspecified atom stereocenters. The highest BCUT2D eigenvalue weighted by Gasteiger charge is 1.68. The summed E-state index contributed by atoms with van der Waals surface area (Å²) in [6.45, 7) is 0. The number of nitro groups is 1. The van der Waals surface area contributed by atoms with Crippen LogP contribution in [0.15, 0.2) is 36.4 Å². The molecule has 1 aromatic carbocycles. The minimum Gasteiger partial charge on any atom is -0.243 e. The Labute approximate surface area is 63.5 Å². The van der Waals surface area contributed by atoms with E-state index in [-0.39, 0.29) is 0 Å². The minimum atomic E-state index is -1.03. The summed E-state index contributed by atoms with van der Waals surface area (Å²) in [5.41, 5.74) is 0. The maximum Gasteiger partial charge on any atom is 0.333 e. The molecule has 4 heteroatoms. The number of halogens is 1. The van der Waals surface area contributed by atoms with Crippen molar-refractivity contribution >= 4 is 11.8 Å². The van der Waals surface area contributed by atoms with Gasteiger partial charge in [0.05, 0.1) is 0 Å². The molecule has 0 aromatic heterocycles. The molecule has 0 saturated heterocycles. The van der Waals surface area contributed by atoms with E-state index in [1.807, 2.05) is 36.4 Å². The SMILES string of the molecule is O=[N+]([O-])Cl.c1ccccc1. The fourth-order valence-electron chi connectivity index (χ4n) is 0.385. The summed E-state index contributed by atoms with van der Waals surface area (Å²) >= 11 is 4.00. The molecule has 0 aliphatic rings. The molecule has 0 spiro atoms. The Kier molecular flexibility index (Phi) is 5.38. The molecule has 1 aromatic rings. The van der Waals surface area contributed by atoms with Crippen LogP contribution in [0.4, 0.5) is 0 Å². The van der Waals surface area contributed by atoms with Crippen LogP contribution in [-0.2, 0) is 0 Å². The quantitative estimate of drug-likeness (QED) is 0.331. The summed E-state index contributed by atoms with van der Waals surface area (Å²) in [6, 6.07) is 12.0. The second-order valence-electron chi connectivity index (χ2n) is 1.37. The number of rotatable bonds is 0. The Balaban J connectivity index is 0.000000180. The third-order valence-corrected chi connectivity index (χ3v) is 0.667. The van der Waals surface area contributed by atoms with Gasteiger partial charge in [-0.15, -0.1) is 0 Å². The molecule has 0 heterocycles. The summed E-state index contributed by atoms with van der Waals surface area (Å²) in [5.74, 6) is 0. The molecule has 0 aliphatic heterocycles. The fraction of sp³-hybridized carbons (Fsp3) is 0. The van der Waals surface area contributed by atoms with Gasteiger partial charge < -0.3 is 0 Å². The number of benzene rings is 1. The van der Waals surface area contributed by atoms with Crippen LogP contribution in [0.3, 0.4) is 0 Å². The van der Waals surface area contributed by atoms with Crippen LogP contribution < -0.4 is 0 Å². The first kappa shape index (κ1) is 8.91. The molecule has 10 heavy (non-hydrogen) atoms. The summed E-state index contributed by atoms with van der Waals surface area (Å²) in [5, 5.41) is 8.57. The van der Waals surface area contributed by atoms with Crippen molar-refractivity contribution in [2.24, 2.45) is 0 Å². The van der Waals surface area contributed by atoms with E-state index < -0.39 is 4.44 Å². The van der Waals surface area contributed by atoms with Crippen molar-refractivity contribution in [2.75, 3.05) is 0 Å². The molecule has 1 rings (SSSR count). The first-order valence-corrected chi connectivity index (χ1v) is 2.87. The highest BCUT2D eigenvalue weighted by molar-refractivity contribution is 6.04. The Morgan fingerprint density at radius 2 is 1.10 bits per heavy atom. The first-order chi connectivity index (χ1) is 4.73. The summed E-state index contributed by atoms with van der Waals surface area (Å²) < 4.78 is -1.03. The van der Waals surface area contributed by atoms with E-state index >= 15 is 0 Å². The zero-order valence-corrected chi connectivity index (χ0v) is 5.86. The lowest BCUT2D eigenvalue weighted by Gasteiger charge is -1.69. The van der Waals surface area contributed by atoms with E-state index in [9.17, 15) is 0 Å². The van der Waals surface area contributed by atoms with Gasteiger partial charge in [0.15, 0.2) is 4.44 Å². The highest BCUT2D eigenvalue weighted by atomic mass is 35.5. The first-order valence-electron chi connectivity index (χ1n) is 2.53. The summed E-state index contributed by atoms with van der Waals surface area (Å²) in [7, 11) is 0. The average molecular weight is 160 g/mol. The van der Waals surface area contributed by atoms with Crippen LogP contribution in [0.5, 0.6) is 0 Å². The zero-order valence-electron chi connectivity index (χ0n) is 5.11. The molecule has 0 radical (unpaired) electrons. The molecule has 54 valence electrons. The lowest BCUT2D eigenvalue weighted by Crippen LogP contribution is -1.65. The van der Waals surface area contributed by atoms with Gasteiger partial charge in [0.25, 0.3) is 0 Å². The predicted octanol–water partition coefficient (Wildman–Crippen LogP) is 2.10. The summed E-state index contributed by atoms with van der Waals surface area (Å²) in [4.78, 5) is 8.57. The van der Waals surface area contributed by atoms with Gasteiger partial charge in [-0.1, -0.05) is 36.4 Å². The maximum absolute atomic E-state index is 8.57. The van der Waals surface area contributed by atoms with E-state index in [4.69, 9.17) is 10.1 Å². The van der Waals surface area contributed by atoms with Crippen LogP contribution >= 0.6 is 11.8 Å². The van der Waals surface area contributed by atoms with Crippen LogP contribution in [0.2, 0.25) is 0 Å². The Morgan fingerprint density at radius 1 is 1.00 bits per heavy atom. The van der Waals surface area contributed by atoms with Crippen LogP contribution in [0, 0.1) is 10.1 Å². The van der Waals surface area contributed by atoms with Gasteiger partial charge in [0.2, 0.25) is 0 Å². The topological polar surface area (TPSA) is 43.1 Å². The molecule has 0 aliphatic carbocycles. The van der Waals surface area contributed by atoms with Gasteiger partial charge in [0, 0.05) is 0 Å². The predicted molar refractivity (Wildman–Crippen MR) is 39.3 cm³/mol. The maximum atomic E-state index is 8.57. The van der Waals surface area contributed by atoms with Crippen molar-refractivity contribution in [1.29, 1.82) is 0 Å². The second kappa shape index (κ2) is 6.04. The van der Waals surface area contributed by atoms with Crippen molar-refractivity contribution in [3.63, 3.8) is 0 Å². The monoisotopic (exact) mass is 159 g/mol. The van der Waals surface area contributed by atoms with Gasteiger partial charge in [-0.3, -0.25) is 0 Å². The lowest BCUT2D eigenvalue weighted by molar-refractivity contribution is -0.310. The van der Waals surface area contributed by atoms with Gasteiger partial charge in [-0.2, -0.15) is 0 Å². The van der Waals surface area contributed by atoms with E-state index in [1.54, 1.807) is 0 Å². The molecule has 0 fully saturated rings. The fourth-order valence-corrected chi connectivity index (χ4v) is 0.385. The average Bonchev–Trinajstić information content (AvgIpc) is 1.90. The molecule has 0 amide bonds.